The van der Waals surface area contributed by atoms with Crippen molar-refractivity contribution in [1.29, 1.82) is 0 Å². The first-order valence-corrected chi connectivity index (χ1v) is 8.09. The van der Waals surface area contributed by atoms with Crippen LogP contribution in [0.15, 0.2) is 24.3 Å². The highest BCUT2D eigenvalue weighted by atomic mass is 19.1. The van der Waals surface area contributed by atoms with Gasteiger partial charge in [0.1, 0.15) is 5.82 Å². The predicted molar refractivity (Wildman–Crippen MR) is 81.8 cm³/mol. The number of halogens is 1. The molecule has 1 aromatic carbocycles. The Kier molecular flexibility index (Phi) is 4.74. The van der Waals surface area contributed by atoms with E-state index in [2.05, 4.69) is 4.90 Å². The van der Waals surface area contributed by atoms with E-state index in [1.165, 1.54) is 25.0 Å². The van der Waals surface area contributed by atoms with Crippen molar-refractivity contribution in [3.63, 3.8) is 0 Å². The first-order chi connectivity index (χ1) is 10.6. The van der Waals surface area contributed by atoms with Gasteiger partial charge in [0.15, 0.2) is 0 Å². The van der Waals surface area contributed by atoms with Crippen molar-refractivity contribution in [3.05, 3.63) is 35.6 Å². The normalized spacial score (nSPS) is 23.9. The van der Waals surface area contributed by atoms with Crippen molar-refractivity contribution in [2.24, 2.45) is 0 Å². The SMILES string of the molecule is O=C(CC(O)c1cccc(F)c1)N1CCN2CCCCC2C1. The number of hydrogen-bond donors (Lipinski definition) is 1. The topological polar surface area (TPSA) is 43.8 Å². The highest BCUT2D eigenvalue weighted by Gasteiger charge is 2.31. The van der Waals surface area contributed by atoms with Crippen LogP contribution in [0, 0.1) is 5.82 Å². The lowest BCUT2D eigenvalue weighted by molar-refractivity contribution is -0.136. The van der Waals surface area contributed by atoms with Crippen LogP contribution in [0.25, 0.3) is 0 Å². The van der Waals surface area contributed by atoms with Crippen LogP contribution in [0.1, 0.15) is 37.4 Å². The van der Waals surface area contributed by atoms with E-state index in [0.29, 0.717) is 11.6 Å². The molecule has 22 heavy (non-hydrogen) atoms. The van der Waals surface area contributed by atoms with Crippen LogP contribution >= 0.6 is 0 Å². The van der Waals surface area contributed by atoms with Gasteiger partial charge in [-0.05, 0) is 37.1 Å². The van der Waals surface area contributed by atoms with E-state index in [9.17, 15) is 14.3 Å². The molecule has 2 fully saturated rings. The van der Waals surface area contributed by atoms with Crippen molar-refractivity contribution >= 4 is 5.91 Å². The number of rotatable bonds is 3. The molecule has 2 aliphatic heterocycles. The van der Waals surface area contributed by atoms with Gasteiger partial charge >= 0.3 is 0 Å². The number of piperidine rings is 1. The van der Waals surface area contributed by atoms with E-state index in [0.717, 1.165) is 32.6 Å². The second kappa shape index (κ2) is 6.75. The molecule has 4 nitrogen and oxygen atoms in total. The van der Waals surface area contributed by atoms with Crippen LogP contribution in [0.5, 0.6) is 0 Å². The molecule has 0 aromatic heterocycles. The van der Waals surface area contributed by atoms with E-state index in [-0.39, 0.29) is 18.1 Å². The lowest BCUT2D eigenvalue weighted by atomic mass is 9.99. The number of carbonyl (C=O) groups excluding carboxylic acids is 1. The van der Waals surface area contributed by atoms with Gasteiger partial charge in [-0.3, -0.25) is 9.69 Å². The molecule has 0 bridgehead atoms. The van der Waals surface area contributed by atoms with Gasteiger partial charge in [-0.1, -0.05) is 18.6 Å². The zero-order valence-corrected chi connectivity index (χ0v) is 12.7. The van der Waals surface area contributed by atoms with Crippen LogP contribution in [0.2, 0.25) is 0 Å². The van der Waals surface area contributed by atoms with E-state index in [1.54, 1.807) is 12.1 Å². The summed E-state index contributed by atoms with van der Waals surface area (Å²) >= 11 is 0. The average Bonchev–Trinajstić information content (AvgIpc) is 2.54. The smallest absolute Gasteiger partial charge is 0.225 e. The highest BCUT2D eigenvalue weighted by Crippen LogP contribution is 2.23. The third kappa shape index (κ3) is 3.47. The van der Waals surface area contributed by atoms with Gasteiger partial charge in [0, 0.05) is 25.7 Å². The fourth-order valence-electron chi connectivity index (χ4n) is 3.51. The highest BCUT2D eigenvalue weighted by molar-refractivity contribution is 5.77. The van der Waals surface area contributed by atoms with Gasteiger partial charge < -0.3 is 10.0 Å². The summed E-state index contributed by atoms with van der Waals surface area (Å²) in [6.07, 6.45) is 2.72. The molecule has 0 saturated carbocycles. The molecule has 5 heteroatoms. The Balaban J connectivity index is 1.57. The molecule has 0 spiro atoms. The van der Waals surface area contributed by atoms with Gasteiger partial charge in [0.2, 0.25) is 5.91 Å². The van der Waals surface area contributed by atoms with Crippen molar-refractivity contribution in [1.82, 2.24) is 9.80 Å². The summed E-state index contributed by atoms with van der Waals surface area (Å²) in [6.45, 7) is 3.55. The third-order valence-corrected chi connectivity index (χ3v) is 4.79. The quantitative estimate of drug-likeness (QED) is 0.928. The first-order valence-electron chi connectivity index (χ1n) is 8.09. The number of fused-ring (bicyclic) bond motifs is 1. The van der Waals surface area contributed by atoms with Gasteiger partial charge in [0.05, 0.1) is 12.5 Å². The van der Waals surface area contributed by atoms with Crippen molar-refractivity contribution in [2.75, 3.05) is 26.2 Å². The summed E-state index contributed by atoms with van der Waals surface area (Å²) in [5.41, 5.74) is 0.463. The average molecular weight is 306 g/mol. The van der Waals surface area contributed by atoms with E-state index >= 15 is 0 Å². The van der Waals surface area contributed by atoms with Gasteiger partial charge in [-0.25, -0.2) is 4.39 Å². The van der Waals surface area contributed by atoms with E-state index in [1.807, 2.05) is 4.90 Å². The number of nitrogens with zero attached hydrogens (tertiary/aromatic N) is 2. The second-order valence-corrected chi connectivity index (χ2v) is 6.30. The van der Waals surface area contributed by atoms with Gasteiger partial charge in [0.25, 0.3) is 0 Å². The predicted octanol–water partition coefficient (Wildman–Crippen LogP) is 1.95. The van der Waals surface area contributed by atoms with Crippen LogP contribution in [0.4, 0.5) is 4.39 Å². The van der Waals surface area contributed by atoms with Crippen molar-refractivity contribution in [3.8, 4) is 0 Å². The Bertz CT molecular complexity index is 537. The largest absolute Gasteiger partial charge is 0.388 e. The molecule has 0 radical (unpaired) electrons. The number of amides is 1. The zero-order chi connectivity index (χ0) is 15.5. The monoisotopic (exact) mass is 306 g/mol. The van der Waals surface area contributed by atoms with E-state index < -0.39 is 6.10 Å². The summed E-state index contributed by atoms with van der Waals surface area (Å²) < 4.78 is 13.2. The zero-order valence-electron chi connectivity index (χ0n) is 12.7. The van der Waals surface area contributed by atoms with Crippen molar-refractivity contribution in [2.45, 2.75) is 37.8 Å². The molecule has 2 aliphatic rings. The Labute approximate surface area is 130 Å². The summed E-state index contributed by atoms with van der Waals surface area (Å²) in [7, 11) is 0. The number of carbonyl (C=O) groups is 1. The number of piperazine rings is 1. The minimum absolute atomic E-state index is 0.0240. The summed E-state index contributed by atoms with van der Waals surface area (Å²) in [5, 5.41) is 10.2. The summed E-state index contributed by atoms with van der Waals surface area (Å²) in [6, 6.07) is 6.30. The third-order valence-electron chi connectivity index (χ3n) is 4.79. The van der Waals surface area contributed by atoms with Gasteiger partial charge in [-0.15, -0.1) is 0 Å². The molecule has 2 heterocycles. The fourth-order valence-corrected chi connectivity index (χ4v) is 3.51. The minimum Gasteiger partial charge on any atom is -0.388 e. The summed E-state index contributed by atoms with van der Waals surface area (Å²) in [5.74, 6) is -0.429. The van der Waals surface area contributed by atoms with Crippen LogP contribution < -0.4 is 0 Å². The molecule has 0 aliphatic carbocycles. The number of hydrogen-bond acceptors (Lipinski definition) is 3. The Hall–Kier alpha value is -1.46. The molecule has 2 saturated heterocycles. The maximum absolute atomic E-state index is 13.2. The number of aliphatic hydroxyl groups excluding tert-OH is 1. The van der Waals surface area contributed by atoms with Crippen LogP contribution in [-0.4, -0.2) is 53.0 Å². The lowest BCUT2D eigenvalue weighted by Crippen LogP contribution is -2.56. The van der Waals surface area contributed by atoms with E-state index in [4.69, 9.17) is 0 Å². The maximum Gasteiger partial charge on any atom is 0.225 e. The summed E-state index contributed by atoms with van der Waals surface area (Å²) in [4.78, 5) is 16.7. The first kappa shape index (κ1) is 15.4. The standard InChI is InChI=1S/C17H23FN2O2/c18-14-5-3-4-13(10-14)16(21)11-17(22)20-9-8-19-7-2-1-6-15(19)12-20/h3-5,10,15-16,21H,1-2,6-9,11-12H2. The Morgan fingerprint density at radius 2 is 2.18 bits per heavy atom. The molecule has 2 unspecified atom stereocenters. The van der Waals surface area contributed by atoms with Crippen LogP contribution in [0.3, 0.4) is 0 Å². The molecule has 2 atom stereocenters. The molecule has 1 amide bonds. The molecular formula is C17H23FN2O2. The molecular weight excluding hydrogens is 283 g/mol. The number of benzene rings is 1. The van der Waals surface area contributed by atoms with Crippen molar-refractivity contribution < 1.29 is 14.3 Å². The second-order valence-electron chi connectivity index (χ2n) is 6.30. The molecule has 3 rings (SSSR count). The van der Waals surface area contributed by atoms with Gasteiger partial charge in [-0.2, -0.15) is 0 Å². The number of aliphatic hydroxyl groups is 1. The maximum atomic E-state index is 13.2. The Morgan fingerprint density at radius 1 is 1.32 bits per heavy atom. The Morgan fingerprint density at radius 3 is 3.00 bits per heavy atom. The molecule has 1 aromatic rings. The minimum atomic E-state index is -0.937. The fraction of sp³-hybridized carbons (Fsp3) is 0.588. The molecule has 120 valence electrons. The lowest BCUT2D eigenvalue weighted by Gasteiger charge is -2.44. The molecule has 1 N–H and O–H groups in total. The van der Waals surface area contributed by atoms with Crippen LogP contribution in [-0.2, 0) is 4.79 Å².